The number of esters is 1. The standard InChI is InChI=1S/C28H49N5O5/c1-5-20(17-33-28(29)31-4)6-9-23(35)16-24(37-19(2)34)10-7-21-8-11-26(36)27(14-21)38-25-12-13-32-22(15-25)18-30-3/h8,11,14,20,22-25,30,32,35-36H,5-7,9-10,12-13,15-18H2,1-4H3,(H3,29,31,33)/t20-,22+,23+,24-,25-/m1/s1. The van der Waals surface area contributed by atoms with Gasteiger partial charge in [-0.3, -0.25) is 9.79 Å². The lowest BCUT2D eigenvalue weighted by molar-refractivity contribution is -0.148. The predicted octanol–water partition coefficient (Wildman–Crippen LogP) is 2.07. The maximum atomic E-state index is 11.7. The lowest BCUT2D eigenvalue weighted by Gasteiger charge is -2.31. The Morgan fingerprint density at radius 2 is 2.11 bits per heavy atom. The molecule has 5 atom stereocenters. The monoisotopic (exact) mass is 535 g/mol. The number of aromatic hydroxyl groups is 1. The Kier molecular flexibility index (Phi) is 14.3. The predicted molar refractivity (Wildman–Crippen MR) is 151 cm³/mol. The van der Waals surface area contributed by atoms with Gasteiger partial charge in [-0.2, -0.15) is 0 Å². The van der Waals surface area contributed by atoms with Crippen molar-refractivity contribution in [3.63, 3.8) is 0 Å². The van der Waals surface area contributed by atoms with Gasteiger partial charge in [-0.1, -0.05) is 19.4 Å². The number of piperidine rings is 1. The van der Waals surface area contributed by atoms with Crippen LogP contribution in [0.2, 0.25) is 0 Å². The maximum absolute atomic E-state index is 11.7. The quantitative estimate of drug-likeness (QED) is 0.106. The highest BCUT2D eigenvalue weighted by Gasteiger charge is 2.24. The number of likely N-dealkylation sites (N-methyl/N-ethyl adjacent to an activating group) is 1. The van der Waals surface area contributed by atoms with E-state index in [2.05, 4.69) is 27.9 Å². The van der Waals surface area contributed by atoms with Crippen LogP contribution in [0, 0.1) is 5.92 Å². The molecule has 0 unspecified atom stereocenters. The zero-order chi connectivity index (χ0) is 27.9. The molecule has 1 aliphatic rings. The van der Waals surface area contributed by atoms with Crippen LogP contribution in [0.1, 0.15) is 64.4 Å². The second-order valence-corrected chi connectivity index (χ2v) is 10.3. The van der Waals surface area contributed by atoms with Crippen LogP contribution in [0.15, 0.2) is 23.2 Å². The number of ether oxygens (including phenoxy) is 2. The zero-order valence-electron chi connectivity index (χ0n) is 23.5. The fourth-order valence-corrected chi connectivity index (χ4v) is 4.88. The Balaban J connectivity index is 1.90. The van der Waals surface area contributed by atoms with Gasteiger partial charge < -0.3 is 41.4 Å². The molecule has 10 heteroatoms. The van der Waals surface area contributed by atoms with E-state index < -0.39 is 12.2 Å². The summed E-state index contributed by atoms with van der Waals surface area (Å²) in [5.74, 6) is 1.02. The molecule has 0 bridgehead atoms. The van der Waals surface area contributed by atoms with E-state index in [4.69, 9.17) is 15.2 Å². The largest absolute Gasteiger partial charge is 0.504 e. The molecular formula is C28H49N5O5. The van der Waals surface area contributed by atoms with E-state index in [1.165, 1.54) is 6.92 Å². The van der Waals surface area contributed by atoms with Crippen molar-refractivity contribution >= 4 is 11.9 Å². The number of aryl methyl sites for hydroxylation is 1. The molecule has 216 valence electrons. The molecule has 1 aromatic carbocycles. The van der Waals surface area contributed by atoms with Crippen LogP contribution >= 0.6 is 0 Å². The van der Waals surface area contributed by atoms with E-state index in [9.17, 15) is 15.0 Å². The molecular weight excluding hydrogens is 486 g/mol. The number of carbonyl (C=O) groups is 1. The van der Waals surface area contributed by atoms with Crippen LogP contribution in [0.4, 0.5) is 0 Å². The molecule has 1 saturated heterocycles. The summed E-state index contributed by atoms with van der Waals surface area (Å²) in [6.45, 7) is 5.96. The first-order valence-electron chi connectivity index (χ1n) is 13.9. The van der Waals surface area contributed by atoms with Crippen molar-refractivity contribution in [2.24, 2.45) is 16.6 Å². The van der Waals surface area contributed by atoms with Crippen LogP contribution in [0.5, 0.6) is 11.5 Å². The van der Waals surface area contributed by atoms with Crippen LogP contribution in [0.25, 0.3) is 0 Å². The molecule has 0 amide bonds. The molecule has 0 spiro atoms. The molecule has 0 saturated carbocycles. The fraction of sp³-hybridized carbons (Fsp3) is 0.714. The van der Waals surface area contributed by atoms with Gasteiger partial charge in [-0.25, -0.2) is 0 Å². The number of carbonyl (C=O) groups excluding carboxylic acids is 1. The van der Waals surface area contributed by atoms with Crippen LogP contribution in [-0.4, -0.2) is 80.2 Å². The van der Waals surface area contributed by atoms with Crippen molar-refractivity contribution in [1.29, 1.82) is 0 Å². The molecule has 1 heterocycles. The van der Waals surface area contributed by atoms with Crippen LogP contribution in [-0.2, 0) is 16.0 Å². The second kappa shape index (κ2) is 17.1. The van der Waals surface area contributed by atoms with Crippen molar-refractivity contribution in [3.8, 4) is 11.5 Å². The summed E-state index contributed by atoms with van der Waals surface area (Å²) in [5, 5.41) is 30.8. The number of aliphatic hydroxyl groups is 1. The highest BCUT2D eigenvalue weighted by Crippen LogP contribution is 2.30. The average molecular weight is 536 g/mol. The molecule has 0 radical (unpaired) electrons. The Hall–Kier alpha value is -2.56. The summed E-state index contributed by atoms with van der Waals surface area (Å²) >= 11 is 0. The second-order valence-electron chi connectivity index (χ2n) is 10.3. The number of nitrogens with zero attached hydrogens (tertiary/aromatic N) is 1. The number of phenols is 1. The minimum atomic E-state index is -0.574. The zero-order valence-corrected chi connectivity index (χ0v) is 23.5. The molecule has 0 aromatic heterocycles. The first kappa shape index (κ1) is 31.7. The van der Waals surface area contributed by atoms with Crippen molar-refractivity contribution in [1.82, 2.24) is 16.0 Å². The molecule has 2 rings (SSSR count). The van der Waals surface area contributed by atoms with Gasteiger partial charge >= 0.3 is 5.97 Å². The average Bonchev–Trinajstić information content (AvgIpc) is 2.89. The molecule has 10 nitrogen and oxygen atoms in total. The van der Waals surface area contributed by atoms with Gasteiger partial charge in [0.15, 0.2) is 17.5 Å². The number of hydrogen-bond donors (Lipinski definition) is 6. The third kappa shape index (κ3) is 11.9. The van der Waals surface area contributed by atoms with Crippen molar-refractivity contribution in [2.45, 2.75) is 89.6 Å². The summed E-state index contributed by atoms with van der Waals surface area (Å²) in [7, 11) is 3.58. The van der Waals surface area contributed by atoms with Gasteiger partial charge in [0.05, 0.1) is 6.10 Å². The van der Waals surface area contributed by atoms with Gasteiger partial charge in [0.1, 0.15) is 12.2 Å². The number of guanidine groups is 1. The van der Waals surface area contributed by atoms with E-state index in [0.717, 1.165) is 44.3 Å². The molecule has 38 heavy (non-hydrogen) atoms. The first-order valence-corrected chi connectivity index (χ1v) is 13.9. The highest BCUT2D eigenvalue weighted by molar-refractivity contribution is 5.77. The fourth-order valence-electron chi connectivity index (χ4n) is 4.88. The SMILES string of the molecule is CC[C@H](CC[C@H](O)C[C@@H](CCc1ccc(O)c(O[C@@H]2CCN[C@H](CNC)C2)c1)OC(C)=O)CNC(N)=NC. The number of benzene rings is 1. The molecule has 1 fully saturated rings. The Morgan fingerprint density at radius 1 is 1.32 bits per heavy atom. The topological polar surface area (TPSA) is 150 Å². The molecule has 1 aliphatic heterocycles. The van der Waals surface area contributed by atoms with Gasteiger partial charge in [0, 0.05) is 45.9 Å². The van der Waals surface area contributed by atoms with Crippen molar-refractivity contribution in [2.75, 3.05) is 33.7 Å². The minimum absolute atomic E-state index is 0.0348. The van der Waals surface area contributed by atoms with E-state index in [1.807, 2.05) is 19.2 Å². The van der Waals surface area contributed by atoms with E-state index in [0.29, 0.717) is 55.9 Å². The minimum Gasteiger partial charge on any atom is -0.504 e. The summed E-state index contributed by atoms with van der Waals surface area (Å²) in [6.07, 6.45) is 4.80. The normalized spacial score (nSPS) is 20.4. The Labute approximate surface area is 227 Å². The van der Waals surface area contributed by atoms with Gasteiger partial charge in [-0.05, 0) is 69.3 Å². The van der Waals surface area contributed by atoms with E-state index in [-0.39, 0.29) is 17.8 Å². The third-order valence-electron chi connectivity index (χ3n) is 7.14. The maximum Gasteiger partial charge on any atom is 0.302 e. The highest BCUT2D eigenvalue weighted by atomic mass is 16.5. The lowest BCUT2D eigenvalue weighted by Crippen LogP contribution is -2.46. The number of rotatable bonds is 16. The number of hydrogen-bond acceptors (Lipinski definition) is 8. The van der Waals surface area contributed by atoms with Crippen molar-refractivity contribution in [3.05, 3.63) is 23.8 Å². The number of nitrogens with two attached hydrogens (primary N) is 1. The smallest absolute Gasteiger partial charge is 0.302 e. The number of phenolic OH excluding ortho intramolecular Hbond substituents is 1. The summed E-state index contributed by atoms with van der Waals surface area (Å²) in [5.41, 5.74) is 6.70. The number of aliphatic imine (C=N–C) groups is 1. The number of nitrogens with one attached hydrogen (secondary N) is 3. The Bertz CT molecular complexity index is 866. The van der Waals surface area contributed by atoms with Gasteiger partial charge in [0.25, 0.3) is 0 Å². The third-order valence-corrected chi connectivity index (χ3v) is 7.14. The molecule has 7 N–H and O–H groups in total. The van der Waals surface area contributed by atoms with Crippen molar-refractivity contribution < 1.29 is 24.5 Å². The summed E-state index contributed by atoms with van der Waals surface area (Å²) in [4.78, 5) is 15.6. The van der Waals surface area contributed by atoms with E-state index >= 15 is 0 Å². The summed E-state index contributed by atoms with van der Waals surface area (Å²) < 4.78 is 11.7. The van der Waals surface area contributed by atoms with Crippen LogP contribution in [0.3, 0.4) is 0 Å². The lowest BCUT2D eigenvalue weighted by atomic mass is 9.95. The first-order chi connectivity index (χ1) is 18.2. The van der Waals surface area contributed by atoms with Gasteiger partial charge in [0.2, 0.25) is 0 Å². The Morgan fingerprint density at radius 3 is 2.79 bits per heavy atom. The molecule has 0 aliphatic carbocycles. The number of aliphatic hydroxyl groups excluding tert-OH is 1. The van der Waals surface area contributed by atoms with Gasteiger partial charge in [-0.15, -0.1) is 0 Å². The molecule has 1 aromatic rings. The van der Waals surface area contributed by atoms with E-state index in [1.54, 1.807) is 13.1 Å². The summed E-state index contributed by atoms with van der Waals surface area (Å²) in [6, 6.07) is 5.73. The van der Waals surface area contributed by atoms with Crippen LogP contribution < -0.4 is 26.4 Å².